The minimum Gasteiger partial charge on any atom is -0.508 e. The highest BCUT2D eigenvalue weighted by Crippen LogP contribution is 2.26. The van der Waals surface area contributed by atoms with Gasteiger partial charge in [-0.3, -0.25) is 0 Å². The molecule has 0 aliphatic carbocycles. The van der Waals surface area contributed by atoms with E-state index in [2.05, 4.69) is 0 Å². The summed E-state index contributed by atoms with van der Waals surface area (Å²) in [6, 6.07) is 2.91. The molecule has 1 aromatic heterocycles. The van der Waals surface area contributed by atoms with Gasteiger partial charge in [-0.05, 0) is 31.5 Å². The van der Waals surface area contributed by atoms with Crippen LogP contribution < -0.4 is 5.63 Å². The molecule has 0 saturated carbocycles. The van der Waals surface area contributed by atoms with Crippen molar-refractivity contribution in [2.45, 2.75) is 13.8 Å². The third-order valence-electron chi connectivity index (χ3n) is 2.41. The SMILES string of the molecule is Cc1cc2oc(=O)c(F)c(C)c2cc1O. The maximum Gasteiger partial charge on any atom is 0.372 e. The van der Waals surface area contributed by atoms with Gasteiger partial charge < -0.3 is 9.52 Å². The molecule has 1 heterocycles. The van der Waals surface area contributed by atoms with Gasteiger partial charge in [0.2, 0.25) is 5.82 Å². The Hall–Kier alpha value is -1.84. The monoisotopic (exact) mass is 208 g/mol. The molecule has 0 atom stereocenters. The summed E-state index contributed by atoms with van der Waals surface area (Å²) in [6.45, 7) is 3.15. The number of aromatic hydroxyl groups is 1. The van der Waals surface area contributed by atoms with Crippen molar-refractivity contribution in [1.82, 2.24) is 0 Å². The normalized spacial score (nSPS) is 10.9. The van der Waals surface area contributed by atoms with Crippen molar-refractivity contribution in [2.75, 3.05) is 0 Å². The van der Waals surface area contributed by atoms with Crippen LogP contribution in [-0.2, 0) is 0 Å². The molecule has 0 fully saturated rings. The Kier molecular flexibility index (Phi) is 2.00. The molecule has 1 N–H and O–H groups in total. The van der Waals surface area contributed by atoms with Crippen molar-refractivity contribution < 1.29 is 13.9 Å². The van der Waals surface area contributed by atoms with Crippen LogP contribution in [0.2, 0.25) is 0 Å². The minimum atomic E-state index is -0.981. The first-order chi connectivity index (χ1) is 7.00. The second kappa shape index (κ2) is 3.08. The van der Waals surface area contributed by atoms with Crippen LogP contribution in [-0.4, -0.2) is 5.11 Å². The van der Waals surface area contributed by atoms with Gasteiger partial charge in [0.25, 0.3) is 0 Å². The lowest BCUT2D eigenvalue weighted by molar-refractivity contribution is 0.466. The molecule has 1 aromatic carbocycles. The van der Waals surface area contributed by atoms with Crippen molar-refractivity contribution in [3.63, 3.8) is 0 Å². The summed E-state index contributed by atoms with van der Waals surface area (Å²) in [5.74, 6) is -0.857. The Labute approximate surface area is 84.8 Å². The van der Waals surface area contributed by atoms with Crippen LogP contribution in [0.3, 0.4) is 0 Å². The van der Waals surface area contributed by atoms with E-state index in [4.69, 9.17) is 4.42 Å². The zero-order valence-corrected chi connectivity index (χ0v) is 8.30. The first-order valence-corrected chi connectivity index (χ1v) is 4.43. The quantitative estimate of drug-likeness (QED) is 0.675. The summed E-state index contributed by atoms with van der Waals surface area (Å²) < 4.78 is 18.0. The smallest absolute Gasteiger partial charge is 0.372 e. The van der Waals surface area contributed by atoms with Gasteiger partial charge in [-0.15, -0.1) is 0 Å². The fraction of sp³-hybridized carbons (Fsp3) is 0.182. The van der Waals surface area contributed by atoms with Crippen LogP contribution in [0.5, 0.6) is 5.75 Å². The van der Waals surface area contributed by atoms with Gasteiger partial charge in [0.05, 0.1) is 0 Å². The third-order valence-corrected chi connectivity index (χ3v) is 2.41. The zero-order valence-electron chi connectivity index (χ0n) is 8.30. The van der Waals surface area contributed by atoms with Gasteiger partial charge in [0.15, 0.2) is 0 Å². The van der Waals surface area contributed by atoms with Gasteiger partial charge in [0.1, 0.15) is 11.3 Å². The Bertz CT molecular complexity index is 599. The molecule has 0 bridgehead atoms. The summed E-state index contributed by atoms with van der Waals surface area (Å²) in [5.41, 5.74) is 0.0764. The zero-order chi connectivity index (χ0) is 11.2. The number of halogens is 1. The standard InChI is InChI=1S/C11H9FO3/c1-5-3-9-7(4-8(5)13)6(2)10(12)11(14)15-9/h3-4,13H,1-2H3. The summed E-state index contributed by atoms with van der Waals surface area (Å²) in [7, 11) is 0. The maximum absolute atomic E-state index is 13.2. The van der Waals surface area contributed by atoms with Crippen molar-refractivity contribution in [2.24, 2.45) is 0 Å². The minimum absolute atomic E-state index is 0.0545. The molecule has 2 rings (SSSR count). The molecule has 0 unspecified atom stereocenters. The first-order valence-electron chi connectivity index (χ1n) is 4.43. The number of phenols is 1. The second-order valence-electron chi connectivity index (χ2n) is 3.46. The van der Waals surface area contributed by atoms with Crippen LogP contribution in [0.25, 0.3) is 11.0 Å². The summed E-state index contributed by atoms with van der Waals surface area (Å²) in [5, 5.41) is 9.87. The summed E-state index contributed by atoms with van der Waals surface area (Å²) in [4.78, 5) is 11.0. The van der Waals surface area contributed by atoms with Crippen LogP contribution in [0.15, 0.2) is 21.3 Å². The molecule has 0 aliphatic heterocycles. The van der Waals surface area contributed by atoms with E-state index in [1.165, 1.54) is 19.1 Å². The van der Waals surface area contributed by atoms with Gasteiger partial charge in [-0.1, -0.05) is 0 Å². The molecule has 0 saturated heterocycles. The average molecular weight is 208 g/mol. The van der Waals surface area contributed by atoms with Crippen molar-refractivity contribution >= 4 is 11.0 Å². The first kappa shape index (κ1) is 9.71. The molecular formula is C11H9FO3. The topological polar surface area (TPSA) is 50.4 Å². The number of hydrogen-bond donors (Lipinski definition) is 1. The van der Waals surface area contributed by atoms with Crippen LogP contribution in [0.4, 0.5) is 4.39 Å². The van der Waals surface area contributed by atoms with Gasteiger partial charge in [-0.2, -0.15) is 4.39 Å². The average Bonchev–Trinajstić information content (AvgIpc) is 2.19. The Morgan fingerprint density at radius 1 is 1.33 bits per heavy atom. The third kappa shape index (κ3) is 1.38. The molecule has 15 heavy (non-hydrogen) atoms. The van der Waals surface area contributed by atoms with E-state index in [9.17, 15) is 14.3 Å². The number of phenolic OH excluding ortho intramolecular Hbond substituents is 1. The second-order valence-corrected chi connectivity index (χ2v) is 3.46. The highest BCUT2D eigenvalue weighted by molar-refractivity contribution is 5.82. The number of fused-ring (bicyclic) bond motifs is 1. The van der Waals surface area contributed by atoms with Crippen LogP contribution in [0, 0.1) is 19.7 Å². The summed E-state index contributed by atoms with van der Waals surface area (Å²) in [6.07, 6.45) is 0. The lowest BCUT2D eigenvalue weighted by atomic mass is 10.1. The molecule has 0 amide bonds. The van der Waals surface area contributed by atoms with E-state index in [1.807, 2.05) is 0 Å². The predicted molar refractivity (Wildman–Crippen MR) is 53.6 cm³/mol. The maximum atomic E-state index is 13.2. The van der Waals surface area contributed by atoms with Crippen LogP contribution in [0.1, 0.15) is 11.1 Å². The Morgan fingerprint density at radius 3 is 2.67 bits per heavy atom. The van der Waals surface area contributed by atoms with Crippen LogP contribution >= 0.6 is 0 Å². The Balaban J connectivity index is 3.00. The van der Waals surface area contributed by atoms with Crippen molar-refractivity contribution in [3.05, 3.63) is 39.5 Å². The lowest BCUT2D eigenvalue weighted by Gasteiger charge is -2.04. The van der Waals surface area contributed by atoms with E-state index in [0.717, 1.165) is 0 Å². The molecule has 4 heteroatoms. The van der Waals surface area contributed by atoms with Gasteiger partial charge in [-0.25, -0.2) is 4.79 Å². The molecule has 2 aromatic rings. The lowest BCUT2D eigenvalue weighted by Crippen LogP contribution is -2.06. The molecular weight excluding hydrogens is 199 g/mol. The van der Waals surface area contributed by atoms with Gasteiger partial charge >= 0.3 is 5.63 Å². The molecule has 3 nitrogen and oxygen atoms in total. The molecule has 78 valence electrons. The van der Waals surface area contributed by atoms with E-state index >= 15 is 0 Å². The number of rotatable bonds is 0. The van der Waals surface area contributed by atoms with E-state index < -0.39 is 11.4 Å². The highest BCUT2D eigenvalue weighted by atomic mass is 19.1. The van der Waals surface area contributed by atoms with Crippen molar-refractivity contribution in [1.29, 1.82) is 0 Å². The van der Waals surface area contributed by atoms with E-state index in [1.54, 1.807) is 6.92 Å². The van der Waals surface area contributed by atoms with E-state index in [0.29, 0.717) is 10.9 Å². The highest BCUT2D eigenvalue weighted by Gasteiger charge is 2.12. The Morgan fingerprint density at radius 2 is 2.00 bits per heavy atom. The van der Waals surface area contributed by atoms with Gasteiger partial charge in [0, 0.05) is 10.9 Å². The summed E-state index contributed by atoms with van der Waals surface area (Å²) >= 11 is 0. The number of aryl methyl sites for hydroxylation is 2. The van der Waals surface area contributed by atoms with Crippen molar-refractivity contribution in [3.8, 4) is 5.75 Å². The molecule has 0 spiro atoms. The largest absolute Gasteiger partial charge is 0.508 e. The predicted octanol–water partition coefficient (Wildman–Crippen LogP) is 2.25. The molecule has 0 aliphatic rings. The molecule has 0 radical (unpaired) electrons. The number of hydrogen-bond acceptors (Lipinski definition) is 3. The fourth-order valence-corrected chi connectivity index (χ4v) is 1.46. The fourth-order valence-electron chi connectivity index (χ4n) is 1.46. The number of benzene rings is 1. The van der Waals surface area contributed by atoms with E-state index in [-0.39, 0.29) is 16.9 Å².